The van der Waals surface area contributed by atoms with Crippen LogP contribution in [-0.4, -0.2) is 13.1 Å². The van der Waals surface area contributed by atoms with Gasteiger partial charge in [-0.25, -0.2) is 0 Å². The van der Waals surface area contributed by atoms with Gasteiger partial charge in [-0.3, -0.25) is 0 Å². The minimum absolute atomic E-state index is 0.540. The van der Waals surface area contributed by atoms with Crippen LogP contribution < -0.4 is 5.32 Å². The highest BCUT2D eigenvalue weighted by Gasteiger charge is 2.28. The van der Waals surface area contributed by atoms with Crippen molar-refractivity contribution in [2.45, 2.75) is 52.5 Å². The Morgan fingerprint density at radius 3 is 1.93 bits per heavy atom. The SMILES string of the molecule is C=C(C)C(NC)C1CCC(C(C)C)CC1. The lowest BCUT2D eigenvalue weighted by Gasteiger charge is -2.35. The molecule has 1 N–H and O–H groups in total. The summed E-state index contributed by atoms with van der Waals surface area (Å²) in [6.07, 6.45) is 5.57. The van der Waals surface area contributed by atoms with Crippen LogP contribution in [0.2, 0.25) is 0 Å². The highest BCUT2D eigenvalue weighted by atomic mass is 14.9. The number of likely N-dealkylation sites (N-methyl/N-ethyl adjacent to an activating group) is 1. The molecule has 0 aromatic rings. The minimum Gasteiger partial charge on any atom is -0.313 e. The van der Waals surface area contributed by atoms with Crippen molar-refractivity contribution in [1.82, 2.24) is 5.32 Å². The van der Waals surface area contributed by atoms with Gasteiger partial charge in [0.15, 0.2) is 0 Å². The van der Waals surface area contributed by atoms with Gasteiger partial charge in [-0.05, 0) is 57.4 Å². The van der Waals surface area contributed by atoms with Gasteiger partial charge in [-0.15, -0.1) is 0 Å². The van der Waals surface area contributed by atoms with Crippen LogP contribution in [0.1, 0.15) is 46.5 Å². The summed E-state index contributed by atoms with van der Waals surface area (Å²) in [6, 6.07) is 0.540. The van der Waals surface area contributed by atoms with E-state index in [0.717, 1.165) is 17.8 Å². The van der Waals surface area contributed by atoms with E-state index in [2.05, 4.69) is 39.7 Å². The standard InChI is InChI=1S/C14H27N/c1-10(2)12-6-8-13(9-7-12)14(15-5)11(3)4/h10,12-15H,3,6-9H2,1-2,4-5H3. The maximum Gasteiger partial charge on any atom is 0.0299 e. The van der Waals surface area contributed by atoms with Gasteiger partial charge in [0.2, 0.25) is 0 Å². The maximum atomic E-state index is 4.09. The molecule has 0 saturated heterocycles. The Labute approximate surface area is 95.3 Å². The van der Waals surface area contributed by atoms with Gasteiger partial charge in [-0.1, -0.05) is 26.0 Å². The molecule has 0 bridgehead atoms. The third-order valence-electron chi connectivity index (χ3n) is 4.07. The van der Waals surface area contributed by atoms with Crippen LogP contribution >= 0.6 is 0 Å². The van der Waals surface area contributed by atoms with Crippen molar-refractivity contribution >= 4 is 0 Å². The van der Waals surface area contributed by atoms with E-state index in [4.69, 9.17) is 0 Å². The van der Waals surface area contributed by atoms with Crippen LogP contribution in [0.15, 0.2) is 12.2 Å². The van der Waals surface area contributed by atoms with Gasteiger partial charge in [0.25, 0.3) is 0 Å². The highest BCUT2D eigenvalue weighted by Crippen LogP contribution is 2.35. The molecule has 88 valence electrons. The summed E-state index contributed by atoms with van der Waals surface area (Å²) in [7, 11) is 2.06. The van der Waals surface area contributed by atoms with Crippen LogP contribution in [0, 0.1) is 17.8 Å². The van der Waals surface area contributed by atoms with E-state index in [9.17, 15) is 0 Å². The molecule has 1 fully saturated rings. The lowest BCUT2D eigenvalue weighted by Crippen LogP contribution is -2.37. The van der Waals surface area contributed by atoms with Gasteiger partial charge in [-0.2, -0.15) is 0 Å². The number of nitrogens with one attached hydrogen (secondary N) is 1. The zero-order valence-corrected chi connectivity index (χ0v) is 10.8. The number of hydrogen-bond acceptors (Lipinski definition) is 1. The fraction of sp³-hybridized carbons (Fsp3) is 0.857. The van der Waals surface area contributed by atoms with Crippen LogP contribution in [0.3, 0.4) is 0 Å². The summed E-state index contributed by atoms with van der Waals surface area (Å²) in [5, 5.41) is 3.42. The van der Waals surface area contributed by atoms with E-state index in [1.807, 2.05) is 0 Å². The van der Waals surface area contributed by atoms with Gasteiger partial charge in [0.05, 0.1) is 0 Å². The van der Waals surface area contributed by atoms with Crippen molar-refractivity contribution in [2.24, 2.45) is 17.8 Å². The van der Waals surface area contributed by atoms with E-state index in [1.165, 1.54) is 31.3 Å². The average Bonchev–Trinajstić information content (AvgIpc) is 2.19. The molecule has 0 amide bonds. The molecule has 1 aliphatic rings. The lowest BCUT2D eigenvalue weighted by atomic mass is 9.73. The maximum absolute atomic E-state index is 4.09. The average molecular weight is 209 g/mol. The van der Waals surface area contributed by atoms with E-state index in [-0.39, 0.29) is 0 Å². The van der Waals surface area contributed by atoms with E-state index in [0.29, 0.717) is 6.04 Å². The van der Waals surface area contributed by atoms with Gasteiger partial charge >= 0.3 is 0 Å². The van der Waals surface area contributed by atoms with E-state index < -0.39 is 0 Å². The summed E-state index contributed by atoms with van der Waals surface area (Å²) in [6.45, 7) is 11.0. The Balaban J connectivity index is 2.45. The van der Waals surface area contributed by atoms with Crippen molar-refractivity contribution < 1.29 is 0 Å². The first-order chi connectivity index (χ1) is 7.06. The smallest absolute Gasteiger partial charge is 0.0299 e. The van der Waals surface area contributed by atoms with Crippen molar-refractivity contribution in [3.05, 3.63) is 12.2 Å². The summed E-state index contributed by atoms with van der Waals surface area (Å²) >= 11 is 0. The second kappa shape index (κ2) is 5.69. The van der Waals surface area contributed by atoms with Crippen molar-refractivity contribution in [3.8, 4) is 0 Å². The van der Waals surface area contributed by atoms with Crippen LogP contribution in [0.4, 0.5) is 0 Å². The summed E-state index contributed by atoms with van der Waals surface area (Å²) < 4.78 is 0. The van der Waals surface area contributed by atoms with Crippen molar-refractivity contribution in [3.63, 3.8) is 0 Å². The fourth-order valence-corrected chi connectivity index (χ4v) is 3.03. The molecule has 15 heavy (non-hydrogen) atoms. The molecule has 1 atom stereocenters. The summed E-state index contributed by atoms with van der Waals surface area (Å²) in [4.78, 5) is 0. The third-order valence-corrected chi connectivity index (χ3v) is 4.07. The van der Waals surface area contributed by atoms with Crippen molar-refractivity contribution in [2.75, 3.05) is 7.05 Å². The van der Waals surface area contributed by atoms with Gasteiger partial charge in [0, 0.05) is 6.04 Å². The molecule has 1 aliphatic carbocycles. The Hall–Kier alpha value is -0.300. The second-order valence-electron chi connectivity index (χ2n) is 5.53. The minimum atomic E-state index is 0.540. The molecule has 1 heteroatoms. The molecule has 0 aromatic heterocycles. The zero-order valence-electron chi connectivity index (χ0n) is 10.8. The zero-order chi connectivity index (χ0) is 11.4. The Morgan fingerprint density at radius 2 is 1.60 bits per heavy atom. The number of hydrogen-bond donors (Lipinski definition) is 1. The quantitative estimate of drug-likeness (QED) is 0.697. The van der Waals surface area contributed by atoms with Crippen LogP contribution in [-0.2, 0) is 0 Å². The lowest BCUT2D eigenvalue weighted by molar-refractivity contribution is 0.203. The first-order valence-electron chi connectivity index (χ1n) is 6.39. The molecule has 0 heterocycles. The second-order valence-corrected chi connectivity index (χ2v) is 5.53. The molecule has 0 aliphatic heterocycles. The van der Waals surface area contributed by atoms with E-state index >= 15 is 0 Å². The van der Waals surface area contributed by atoms with Crippen LogP contribution in [0.5, 0.6) is 0 Å². The molecular formula is C14H27N. The Kier molecular flexibility index (Phi) is 4.85. The first-order valence-corrected chi connectivity index (χ1v) is 6.39. The molecular weight excluding hydrogens is 182 g/mol. The Morgan fingerprint density at radius 1 is 1.13 bits per heavy atom. The normalized spacial score (nSPS) is 29.1. The largest absolute Gasteiger partial charge is 0.313 e. The fourth-order valence-electron chi connectivity index (χ4n) is 3.03. The molecule has 1 saturated carbocycles. The van der Waals surface area contributed by atoms with Crippen molar-refractivity contribution in [1.29, 1.82) is 0 Å². The predicted octanol–water partition coefficient (Wildman–Crippen LogP) is 3.61. The van der Waals surface area contributed by atoms with Gasteiger partial charge < -0.3 is 5.32 Å². The van der Waals surface area contributed by atoms with E-state index in [1.54, 1.807) is 0 Å². The molecule has 1 rings (SSSR count). The van der Waals surface area contributed by atoms with Crippen LogP contribution in [0.25, 0.3) is 0 Å². The molecule has 1 unspecified atom stereocenters. The molecule has 0 aromatic carbocycles. The summed E-state index contributed by atoms with van der Waals surface area (Å²) in [5.41, 5.74) is 1.30. The third kappa shape index (κ3) is 3.34. The monoisotopic (exact) mass is 209 g/mol. The first kappa shape index (κ1) is 12.8. The summed E-state index contributed by atoms with van der Waals surface area (Å²) in [5.74, 6) is 2.65. The molecule has 1 nitrogen and oxygen atoms in total. The van der Waals surface area contributed by atoms with Gasteiger partial charge in [0.1, 0.15) is 0 Å². The highest BCUT2D eigenvalue weighted by molar-refractivity contribution is 5.04. The Bertz CT molecular complexity index is 199. The predicted molar refractivity (Wildman–Crippen MR) is 67.9 cm³/mol. The molecule has 0 spiro atoms. The molecule has 0 radical (unpaired) electrons. The number of rotatable bonds is 4. The topological polar surface area (TPSA) is 12.0 Å².